The van der Waals surface area contributed by atoms with Gasteiger partial charge in [0.05, 0.1) is 12.8 Å². The molecule has 0 unspecified atom stereocenters. The van der Waals surface area contributed by atoms with Crippen molar-refractivity contribution in [2.24, 2.45) is 5.92 Å². The van der Waals surface area contributed by atoms with Gasteiger partial charge in [0.2, 0.25) is 11.8 Å². The second-order valence-corrected chi connectivity index (χ2v) is 8.86. The molecule has 0 saturated carbocycles. The summed E-state index contributed by atoms with van der Waals surface area (Å²) in [4.78, 5) is 31.7. The van der Waals surface area contributed by atoms with Gasteiger partial charge in [-0.2, -0.15) is 0 Å². The van der Waals surface area contributed by atoms with E-state index in [1.54, 1.807) is 24.5 Å². The van der Waals surface area contributed by atoms with Gasteiger partial charge in [0, 0.05) is 30.6 Å². The van der Waals surface area contributed by atoms with Crippen molar-refractivity contribution in [3.63, 3.8) is 0 Å². The number of benzene rings is 2. The normalized spacial score (nSPS) is 14.4. The van der Waals surface area contributed by atoms with E-state index in [1.807, 2.05) is 48.2 Å². The lowest BCUT2D eigenvalue weighted by atomic mass is 9.93. The van der Waals surface area contributed by atoms with Crippen LogP contribution in [0.15, 0.2) is 69.7 Å². The van der Waals surface area contributed by atoms with Crippen molar-refractivity contribution in [1.82, 2.24) is 15.2 Å². The average Bonchev–Trinajstić information content (AvgIpc) is 3.53. The molecule has 0 radical (unpaired) electrons. The lowest BCUT2D eigenvalue weighted by molar-refractivity contribution is -0.122. The van der Waals surface area contributed by atoms with Gasteiger partial charge in [0.25, 0.3) is 5.91 Å². The summed E-state index contributed by atoms with van der Waals surface area (Å²) in [6.45, 7) is 3.71. The van der Waals surface area contributed by atoms with Gasteiger partial charge in [-0.1, -0.05) is 17.7 Å². The topological polar surface area (TPSA) is 88.6 Å². The van der Waals surface area contributed by atoms with Crippen molar-refractivity contribution in [2.75, 3.05) is 13.1 Å². The largest absolute Gasteiger partial charge is 0.467 e. The summed E-state index contributed by atoms with van der Waals surface area (Å²) in [5, 5.41) is 2.90. The molecule has 2 amide bonds. The van der Waals surface area contributed by atoms with Crippen molar-refractivity contribution in [3.05, 3.63) is 77.7 Å². The molecule has 7 heteroatoms. The number of hydrogen-bond donors (Lipinski definition) is 1. The van der Waals surface area contributed by atoms with E-state index in [2.05, 4.69) is 10.3 Å². The second kappa shape index (κ2) is 9.55. The highest BCUT2D eigenvalue weighted by molar-refractivity contribution is 5.97. The van der Waals surface area contributed by atoms with Gasteiger partial charge in [0.1, 0.15) is 11.3 Å². The summed E-state index contributed by atoms with van der Waals surface area (Å²) in [6, 6.07) is 17.1. The van der Waals surface area contributed by atoms with Crippen LogP contribution < -0.4 is 5.32 Å². The smallest absolute Gasteiger partial charge is 0.253 e. The average molecular weight is 458 g/mol. The molecule has 5 rings (SSSR count). The maximum absolute atomic E-state index is 13.1. The van der Waals surface area contributed by atoms with Crippen LogP contribution in [0.25, 0.3) is 22.6 Å². The van der Waals surface area contributed by atoms with E-state index >= 15 is 0 Å². The SMILES string of the molecule is Cc1ccc(-c2nc3ccc(C(=O)N4CCC(CC(=O)NCc5ccco5)CC4)cc3o2)cc1. The Kier molecular flexibility index (Phi) is 6.16. The predicted octanol–water partition coefficient (Wildman–Crippen LogP) is 4.95. The number of likely N-dealkylation sites (tertiary alicyclic amines) is 1. The minimum absolute atomic E-state index is 0.0151. The number of carbonyl (C=O) groups excluding carboxylic acids is 2. The zero-order chi connectivity index (χ0) is 23.5. The number of nitrogens with one attached hydrogen (secondary N) is 1. The molecule has 0 aliphatic carbocycles. The molecule has 0 bridgehead atoms. The first-order valence-electron chi connectivity index (χ1n) is 11.6. The predicted molar refractivity (Wildman–Crippen MR) is 128 cm³/mol. The quantitative estimate of drug-likeness (QED) is 0.442. The molecule has 1 N–H and O–H groups in total. The Morgan fingerprint density at radius 2 is 1.88 bits per heavy atom. The molecule has 7 nitrogen and oxygen atoms in total. The number of hydrogen-bond acceptors (Lipinski definition) is 5. The molecule has 2 aromatic heterocycles. The van der Waals surface area contributed by atoms with E-state index in [0.29, 0.717) is 43.1 Å². The number of rotatable bonds is 6. The fourth-order valence-electron chi connectivity index (χ4n) is 4.33. The highest BCUT2D eigenvalue weighted by atomic mass is 16.3. The fourth-order valence-corrected chi connectivity index (χ4v) is 4.33. The lowest BCUT2D eigenvalue weighted by Gasteiger charge is -2.31. The lowest BCUT2D eigenvalue weighted by Crippen LogP contribution is -2.39. The fraction of sp³-hybridized carbons (Fsp3) is 0.296. The van der Waals surface area contributed by atoms with E-state index in [0.717, 1.165) is 29.7 Å². The first-order valence-corrected chi connectivity index (χ1v) is 11.6. The third-order valence-corrected chi connectivity index (χ3v) is 6.35. The van der Waals surface area contributed by atoms with E-state index in [4.69, 9.17) is 8.83 Å². The van der Waals surface area contributed by atoms with Crippen LogP contribution in [0.1, 0.15) is 40.9 Å². The van der Waals surface area contributed by atoms with Crippen molar-refractivity contribution in [2.45, 2.75) is 32.7 Å². The summed E-state index contributed by atoms with van der Waals surface area (Å²) in [6.07, 6.45) is 3.68. The number of aromatic nitrogens is 1. The van der Waals surface area contributed by atoms with E-state index in [9.17, 15) is 9.59 Å². The molecule has 4 aromatic rings. The van der Waals surface area contributed by atoms with E-state index in [-0.39, 0.29) is 17.7 Å². The Hall–Kier alpha value is -3.87. The van der Waals surface area contributed by atoms with Gasteiger partial charge in [-0.15, -0.1) is 0 Å². The van der Waals surface area contributed by atoms with Crippen molar-refractivity contribution in [3.8, 4) is 11.5 Å². The van der Waals surface area contributed by atoms with Crippen molar-refractivity contribution in [1.29, 1.82) is 0 Å². The van der Waals surface area contributed by atoms with Gasteiger partial charge < -0.3 is 19.1 Å². The third-order valence-electron chi connectivity index (χ3n) is 6.35. The molecule has 1 aliphatic rings. The minimum atomic E-state index is -0.0177. The van der Waals surface area contributed by atoms with Gasteiger partial charge in [-0.3, -0.25) is 9.59 Å². The van der Waals surface area contributed by atoms with Crippen LogP contribution in [0.2, 0.25) is 0 Å². The van der Waals surface area contributed by atoms with E-state index in [1.165, 1.54) is 5.56 Å². The number of furan rings is 1. The maximum atomic E-state index is 13.1. The standard InChI is InChI=1S/C27H27N3O4/c1-18-4-6-20(7-5-18)26-29-23-9-8-21(16-24(23)34-26)27(32)30-12-10-19(11-13-30)15-25(31)28-17-22-3-2-14-33-22/h2-9,14,16,19H,10-13,15,17H2,1H3,(H,28,31). The molecular formula is C27H27N3O4. The number of fused-ring (bicyclic) bond motifs is 1. The Morgan fingerprint density at radius 3 is 2.62 bits per heavy atom. The molecule has 2 aromatic carbocycles. The number of piperidine rings is 1. The number of aryl methyl sites for hydroxylation is 1. The first kappa shape index (κ1) is 21.9. The Morgan fingerprint density at radius 1 is 1.09 bits per heavy atom. The minimum Gasteiger partial charge on any atom is -0.467 e. The zero-order valence-corrected chi connectivity index (χ0v) is 19.1. The molecule has 1 fully saturated rings. The van der Waals surface area contributed by atoms with Gasteiger partial charge >= 0.3 is 0 Å². The van der Waals surface area contributed by atoms with Gasteiger partial charge in [-0.25, -0.2) is 4.98 Å². The Labute approximate surface area is 197 Å². The summed E-state index contributed by atoms with van der Waals surface area (Å²) in [7, 11) is 0. The van der Waals surface area contributed by atoms with Crippen LogP contribution in [0, 0.1) is 12.8 Å². The number of oxazole rings is 1. The molecule has 1 aliphatic heterocycles. The van der Waals surface area contributed by atoms with Crippen LogP contribution in [0.3, 0.4) is 0 Å². The van der Waals surface area contributed by atoms with E-state index < -0.39 is 0 Å². The monoisotopic (exact) mass is 457 g/mol. The summed E-state index contributed by atoms with van der Waals surface area (Å²) in [5.41, 5.74) is 4.00. The molecule has 0 atom stereocenters. The molecule has 1 saturated heterocycles. The highest BCUT2D eigenvalue weighted by Crippen LogP contribution is 2.27. The van der Waals surface area contributed by atoms with Crippen LogP contribution in [-0.2, 0) is 11.3 Å². The zero-order valence-electron chi connectivity index (χ0n) is 19.1. The molecule has 0 spiro atoms. The Bertz CT molecular complexity index is 1280. The van der Waals surface area contributed by atoms with Crippen LogP contribution >= 0.6 is 0 Å². The summed E-state index contributed by atoms with van der Waals surface area (Å²) in [5.74, 6) is 1.56. The maximum Gasteiger partial charge on any atom is 0.253 e. The Balaban J connectivity index is 1.17. The van der Waals surface area contributed by atoms with Crippen molar-refractivity contribution >= 4 is 22.9 Å². The number of carbonyl (C=O) groups is 2. The van der Waals surface area contributed by atoms with Crippen LogP contribution in [0.4, 0.5) is 0 Å². The number of amides is 2. The van der Waals surface area contributed by atoms with Crippen LogP contribution in [0.5, 0.6) is 0 Å². The molecule has 34 heavy (non-hydrogen) atoms. The van der Waals surface area contributed by atoms with Gasteiger partial charge in [0.15, 0.2) is 5.58 Å². The third kappa shape index (κ3) is 4.88. The van der Waals surface area contributed by atoms with Crippen molar-refractivity contribution < 1.29 is 18.4 Å². The van der Waals surface area contributed by atoms with Gasteiger partial charge in [-0.05, 0) is 68.1 Å². The highest BCUT2D eigenvalue weighted by Gasteiger charge is 2.25. The summed E-state index contributed by atoms with van der Waals surface area (Å²) >= 11 is 0. The number of nitrogens with zero attached hydrogens (tertiary/aromatic N) is 2. The molecular weight excluding hydrogens is 430 g/mol. The first-order chi connectivity index (χ1) is 16.5. The molecule has 3 heterocycles. The van der Waals surface area contributed by atoms with Crippen LogP contribution in [-0.4, -0.2) is 34.8 Å². The second-order valence-electron chi connectivity index (χ2n) is 8.86. The molecule has 174 valence electrons. The summed E-state index contributed by atoms with van der Waals surface area (Å²) < 4.78 is 11.2.